The van der Waals surface area contributed by atoms with Gasteiger partial charge in [-0.2, -0.15) is 15.3 Å². The maximum Gasteiger partial charge on any atom is 0.280 e. The third kappa shape index (κ3) is 3.21. The molecule has 0 saturated carbocycles. The van der Waals surface area contributed by atoms with Crippen LogP contribution < -0.4 is 4.90 Å². The monoisotopic (exact) mass is 454 g/mol. The lowest BCUT2D eigenvalue weighted by atomic mass is 10.0. The first-order valence-corrected chi connectivity index (χ1v) is 10.7. The van der Waals surface area contributed by atoms with Gasteiger partial charge in [0.2, 0.25) is 0 Å². The highest BCUT2D eigenvalue weighted by molar-refractivity contribution is 6.05. The van der Waals surface area contributed by atoms with Gasteiger partial charge in [0.15, 0.2) is 11.3 Å². The van der Waals surface area contributed by atoms with Gasteiger partial charge in [0.05, 0.1) is 17.1 Å². The van der Waals surface area contributed by atoms with E-state index in [2.05, 4.69) is 20.3 Å². The molecule has 2 atom stereocenters. The van der Waals surface area contributed by atoms with Crippen molar-refractivity contribution in [1.82, 2.24) is 34.2 Å². The van der Waals surface area contributed by atoms with E-state index in [-0.39, 0.29) is 18.0 Å². The molecule has 1 aliphatic heterocycles. The minimum absolute atomic E-state index is 0.0997. The van der Waals surface area contributed by atoms with E-state index in [1.54, 1.807) is 41.4 Å². The van der Waals surface area contributed by atoms with Crippen molar-refractivity contribution in [1.29, 1.82) is 0 Å². The van der Waals surface area contributed by atoms with Crippen LogP contribution in [0.3, 0.4) is 0 Å². The van der Waals surface area contributed by atoms with Gasteiger partial charge in [-0.15, -0.1) is 0 Å². The van der Waals surface area contributed by atoms with Gasteiger partial charge in [0.1, 0.15) is 11.9 Å². The molecule has 172 valence electrons. The van der Waals surface area contributed by atoms with Crippen LogP contribution in [0.1, 0.15) is 47.0 Å². The standard InChI is InChI=1S/C22H24F2N8O/c1-11-8-19-30(12(2)9-17(21(23)24)32(19)26-11)22(33)15-10-18-25-7-6-16(31(18)28-15)20-13(3)27-29(5)14(20)4/h6-8,10,12,17,21H,9H2,1-5H3/t12-,17+/m1/s1. The fourth-order valence-corrected chi connectivity index (χ4v) is 4.68. The Labute approximate surface area is 188 Å². The molecule has 0 spiro atoms. The van der Waals surface area contributed by atoms with Gasteiger partial charge in [-0.25, -0.2) is 23.0 Å². The fourth-order valence-electron chi connectivity index (χ4n) is 4.68. The lowest BCUT2D eigenvalue weighted by molar-refractivity contribution is 0.0608. The summed E-state index contributed by atoms with van der Waals surface area (Å²) in [4.78, 5) is 19.5. The Kier molecular flexibility index (Phi) is 4.80. The summed E-state index contributed by atoms with van der Waals surface area (Å²) < 4.78 is 32.0. The molecule has 0 N–H and O–H groups in total. The van der Waals surface area contributed by atoms with Crippen LogP contribution in [0, 0.1) is 20.8 Å². The minimum Gasteiger partial charge on any atom is -0.289 e. The van der Waals surface area contributed by atoms with Gasteiger partial charge in [-0.1, -0.05) is 0 Å². The third-order valence-electron chi connectivity index (χ3n) is 6.27. The molecule has 0 fully saturated rings. The van der Waals surface area contributed by atoms with Crippen LogP contribution in [0.25, 0.3) is 16.9 Å². The highest BCUT2D eigenvalue weighted by Gasteiger charge is 2.39. The van der Waals surface area contributed by atoms with Gasteiger partial charge < -0.3 is 0 Å². The summed E-state index contributed by atoms with van der Waals surface area (Å²) in [6.45, 7) is 7.37. The predicted molar refractivity (Wildman–Crippen MR) is 118 cm³/mol. The Morgan fingerprint density at radius 3 is 2.58 bits per heavy atom. The average molecular weight is 454 g/mol. The van der Waals surface area contributed by atoms with Gasteiger partial charge >= 0.3 is 0 Å². The number of hydrogen-bond acceptors (Lipinski definition) is 5. The molecule has 5 rings (SSSR count). The van der Waals surface area contributed by atoms with Crippen molar-refractivity contribution >= 4 is 17.4 Å². The highest BCUT2D eigenvalue weighted by Crippen LogP contribution is 2.37. The highest BCUT2D eigenvalue weighted by atomic mass is 19.3. The molecule has 1 amide bonds. The van der Waals surface area contributed by atoms with Crippen LogP contribution in [0.4, 0.5) is 14.6 Å². The van der Waals surface area contributed by atoms with Crippen LogP contribution >= 0.6 is 0 Å². The molecular weight excluding hydrogens is 430 g/mol. The number of fused-ring (bicyclic) bond motifs is 2. The Bertz CT molecular complexity index is 1380. The Morgan fingerprint density at radius 1 is 1.15 bits per heavy atom. The normalized spacial score (nSPS) is 18.4. The average Bonchev–Trinajstić information content (AvgIpc) is 3.42. The second-order valence-electron chi connectivity index (χ2n) is 8.55. The second kappa shape index (κ2) is 7.46. The van der Waals surface area contributed by atoms with E-state index >= 15 is 0 Å². The number of rotatable bonds is 3. The Hall–Kier alpha value is -3.63. The third-order valence-corrected chi connectivity index (χ3v) is 6.27. The Morgan fingerprint density at radius 2 is 1.91 bits per heavy atom. The van der Waals surface area contributed by atoms with Gasteiger partial charge in [0.25, 0.3) is 12.3 Å². The van der Waals surface area contributed by atoms with E-state index in [1.165, 1.54) is 9.58 Å². The smallest absolute Gasteiger partial charge is 0.280 e. The summed E-state index contributed by atoms with van der Waals surface area (Å²) in [5, 5.41) is 13.3. The summed E-state index contributed by atoms with van der Waals surface area (Å²) in [5.41, 5.74) is 4.77. The Balaban J connectivity index is 1.60. The quantitative estimate of drug-likeness (QED) is 0.473. The maximum atomic E-state index is 13.6. The lowest BCUT2D eigenvalue weighted by Gasteiger charge is -2.37. The molecular formula is C22H24F2N8O. The molecule has 33 heavy (non-hydrogen) atoms. The van der Waals surface area contributed by atoms with Gasteiger partial charge in [0, 0.05) is 42.7 Å². The van der Waals surface area contributed by atoms with Crippen molar-refractivity contribution in [2.24, 2.45) is 7.05 Å². The van der Waals surface area contributed by atoms with E-state index in [0.29, 0.717) is 17.2 Å². The second-order valence-corrected chi connectivity index (χ2v) is 8.55. The minimum atomic E-state index is -2.57. The number of aromatic nitrogens is 7. The molecule has 0 bridgehead atoms. The van der Waals surface area contributed by atoms with Crippen LogP contribution in [0.2, 0.25) is 0 Å². The van der Waals surface area contributed by atoms with Crippen LogP contribution in [0.5, 0.6) is 0 Å². The van der Waals surface area contributed by atoms with Crippen molar-refractivity contribution in [3.05, 3.63) is 47.2 Å². The molecule has 0 radical (unpaired) electrons. The van der Waals surface area contributed by atoms with Gasteiger partial charge in [-0.05, 0) is 40.2 Å². The van der Waals surface area contributed by atoms with Gasteiger partial charge in [-0.3, -0.25) is 14.4 Å². The van der Waals surface area contributed by atoms with Crippen molar-refractivity contribution < 1.29 is 13.6 Å². The number of nitrogens with zero attached hydrogens (tertiary/aromatic N) is 8. The summed E-state index contributed by atoms with van der Waals surface area (Å²) in [7, 11) is 1.87. The first-order chi connectivity index (χ1) is 15.7. The fraction of sp³-hybridized carbons (Fsp3) is 0.409. The van der Waals surface area contributed by atoms with E-state index in [9.17, 15) is 13.6 Å². The molecule has 9 nitrogen and oxygen atoms in total. The first-order valence-electron chi connectivity index (χ1n) is 10.7. The molecule has 4 aromatic heterocycles. The number of carbonyl (C=O) groups excluding carboxylic acids is 1. The van der Waals surface area contributed by atoms with Crippen molar-refractivity contribution in [3.8, 4) is 11.3 Å². The van der Waals surface area contributed by atoms with Crippen molar-refractivity contribution in [2.75, 3.05) is 4.90 Å². The molecule has 4 aromatic rings. The lowest BCUT2D eigenvalue weighted by Crippen LogP contribution is -2.46. The summed E-state index contributed by atoms with van der Waals surface area (Å²) in [6.07, 6.45) is -0.805. The van der Waals surface area contributed by atoms with E-state index in [1.807, 2.05) is 27.0 Å². The zero-order valence-corrected chi connectivity index (χ0v) is 19.0. The van der Waals surface area contributed by atoms with Crippen molar-refractivity contribution in [3.63, 3.8) is 0 Å². The summed E-state index contributed by atoms with van der Waals surface area (Å²) >= 11 is 0. The number of anilines is 1. The molecule has 0 saturated heterocycles. The van der Waals surface area contributed by atoms with Crippen LogP contribution in [-0.2, 0) is 7.05 Å². The zero-order chi connectivity index (χ0) is 23.6. The number of hydrogen-bond donors (Lipinski definition) is 0. The van der Waals surface area contributed by atoms with Crippen molar-refractivity contribution in [2.45, 2.75) is 52.6 Å². The molecule has 11 heteroatoms. The molecule has 0 aliphatic carbocycles. The molecule has 0 aromatic carbocycles. The molecule has 0 unspecified atom stereocenters. The largest absolute Gasteiger partial charge is 0.289 e. The number of halogens is 2. The number of carbonyl (C=O) groups is 1. The maximum absolute atomic E-state index is 13.6. The zero-order valence-electron chi connectivity index (χ0n) is 19.0. The van der Waals surface area contributed by atoms with E-state index in [0.717, 1.165) is 22.6 Å². The number of alkyl halides is 2. The van der Waals surface area contributed by atoms with Crippen LogP contribution in [0.15, 0.2) is 24.4 Å². The summed E-state index contributed by atoms with van der Waals surface area (Å²) in [5.74, 6) is -0.0295. The number of amides is 1. The first kappa shape index (κ1) is 21.2. The topological polar surface area (TPSA) is 86.1 Å². The van der Waals surface area contributed by atoms with E-state index in [4.69, 9.17) is 0 Å². The molecule has 5 heterocycles. The summed E-state index contributed by atoms with van der Waals surface area (Å²) in [6, 6.07) is 3.59. The molecule has 1 aliphatic rings. The predicted octanol–water partition coefficient (Wildman–Crippen LogP) is 3.50. The van der Waals surface area contributed by atoms with E-state index < -0.39 is 18.5 Å². The number of aryl methyl sites for hydroxylation is 3. The SMILES string of the molecule is Cc1cc2n(n1)[C@H](C(F)F)C[C@@H](C)N2C(=O)c1cc2nccc(-c3c(C)nn(C)c3C)n2n1. The van der Waals surface area contributed by atoms with Crippen LogP contribution in [-0.4, -0.2) is 52.5 Å².